The van der Waals surface area contributed by atoms with Crippen LogP contribution in [0.5, 0.6) is 0 Å². The largest absolute Gasteiger partial charge is 0.324 e. The zero-order valence-electron chi connectivity index (χ0n) is 9.98. The molecule has 0 aromatic heterocycles. The molecule has 0 heterocycles. The van der Waals surface area contributed by atoms with Gasteiger partial charge in [-0.1, -0.05) is 32.6 Å². The molecule has 1 atom stereocenters. The van der Waals surface area contributed by atoms with Gasteiger partial charge in [-0.2, -0.15) is 0 Å². The third-order valence-electron chi connectivity index (χ3n) is 2.80. The summed E-state index contributed by atoms with van der Waals surface area (Å²) >= 11 is 0. The Balaban J connectivity index is 2.60. The second-order valence-electron chi connectivity index (χ2n) is 4.25. The van der Waals surface area contributed by atoms with Gasteiger partial charge in [-0.25, -0.2) is 13.2 Å². The van der Waals surface area contributed by atoms with Crippen molar-refractivity contribution in [2.75, 3.05) is 0 Å². The van der Waals surface area contributed by atoms with Crippen molar-refractivity contribution < 1.29 is 13.2 Å². The molecule has 17 heavy (non-hydrogen) atoms. The van der Waals surface area contributed by atoms with E-state index < -0.39 is 23.5 Å². The van der Waals surface area contributed by atoms with E-state index in [1.165, 1.54) is 0 Å². The predicted octanol–water partition coefficient (Wildman–Crippen LogP) is 4.07. The van der Waals surface area contributed by atoms with E-state index in [1.807, 2.05) is 0 Å². The highest BCUT2D eigenvalue weighted by atomic mass is 19.2. The summed E-state index contributed by atoms with van der Waals surface area (Å²) in [5.41, 5.74) is 6.13. The lowest BCUT2D eigenvalue weighted by molar-refractivity contribution is 0.442. The molecule has 0 aliphatic rings. The molecular formula is C13H18F3N. The standard InChI is InChI=1S/C13H18F3N/c1-2-3-4-5-6-12(17)9-7-10(14)13(16)11(15)8-9/h7-8,12H,2-6,17H2,1H3. The van der Waals surface area contributed by atoms with Crippen LogP contribution >= 0.6 is 0 Å². The normalized spacial score (nSPS) is 12.8. The van der Waals surface area contributed by atoms with Gasteiger partial charge in [0.1, 0.15) is 0 Å². The number of rotatable bonds is 6. The summed E-state index contributed by atoms with van der Waals surface area (Å²) in [6.07, 6.45) is 4.87. The Morgan fingerprint density at radius 3 is 2.18 bits per heavy atom. The van der Waals surface area contributed by atoms with Crippen molar-refractivity contribution in [1.29, 1.82) is 0 Å². The lowest BCUT2D eigenvalue weighted by atomic mass is 10.0. The zero-order valence-corrected chi connectivity index (χ0v) is 9.98. The Morgan fingerprint density at radius 2 is 1.65 bits per heavy atom. The smallest absolute Gasteiger partial charge is 0.194 e. The molecule has 0 bridgehead atoms. The number of unbranched alkanes of at least 4 members (excludes halogenated alkanes) is 3. The summed E-state index contributed by atoms with van der Waals surface area (Å²) in [4.78, 5) is 0. The van der Waals surface area contributed by atoms with Crippen LogP contribution in [0.3, 0.4) is 0 Å². The summed E-state index contributed by atoms with van der Waals surface area (Å²) in [6.45, 7) is 2.10. The molecule has 96 valence electrons. The highest BCUT2D eigenvalue weighted by Crippen LogP contribution is 2.21. The van der Waals surface area contributed by atoms with E-state index in [4.69, 9.17) is 5.73 Å². The lowest BCUT2D eigenvalue weighted by Gasteiger charge is -2.12. The van der Waals surface area contributed by atoms with Gasteiger partial charge in [0.25, 0.3) is 0 Å². The Morgan fingerprint density at radius 1 is 1.06 bits per heavy atom. The average Bonchev–Trinajstić information content (AvgIpc) is 2.30. The van der Waals surface area contributed by atoms with Gasteiger partial charge in [0.05, 0.1) is 0 Å². The average molecular weight is 245 g/mol. The van der Waals surface area contributed by atoms with Gasteiger partial charge in [-0.3, -0.25) is 0 Å². The first-order valence-corrected chi connectivity index (χ1v) is 5.96. The van der Waals surface area contributed by atoms with Crippen LogP contribution in [0.15, 0.2) is 12.1 Å². The number of hydrogen-bond acceptors (Lipinski definition) is 1. The van der Waals surface area contributed by atoms with Crippen molar-refractivity contribution in [3.63, 3.8) is 0 Å². The van der Waals surface area contributed by atoms with Crippen LogP contribution in [0.25, 0.3) is 0 Å². The fraction of sp³-hybridized carbons (Fsp3) is 0.538. The molecule has 0 aliphatic carbocycles. The minimum atomic E-state index is -1.44. The van der Waals surface area contributed by atoms with E-state index >= 15 is 0 Å². The second kappa shape index (κ2) is 6.64. The number of hydrogen-bond donors (Lipinski definition) is 1. The molecule has 0 aliphatic heterocycles. The number of halogens is 3. The quantitative estimate of drug-likeness (QED) is 0.593. The molecule has 1 unspecified atom stereocenters. The topological polar surface area (TPSA) is 26.0 Å². The van der Waals surface area contributed by atoms with Crippen LogP contribution in [0.1, 0.15) is 50.6 Å². The Bertz CT molecular complexity index is 343. The molecule has 1 aromatic rings. The van der Waals surface area contributed by atoms with E-state index in [-0.39, 0.29) is 0 Å². The third-order valence-corrected chi connectivity index (χ3v) is 2.80. The van der Waals surface area contributed by atoms with Gasteiger partial charge in [0, 0.05) is 6.04 Å². The highest BCUT2D eigenvalue weighted by Gasteiger charge is 2.14. The van der Waals surface area contributed by atoms with E-state index in [2.05, 4.69) is 6.92 Å². The minimum absolute atomic E-state index is 0.317. The summed E-state index contributed by atoms with van der Waals surface area (Å²) in [5.74, 6) is -3.79. The van der Waals surface area contributed by atoms with E-state index in [0.717, 1.165) is 37.8 Å². The molecule has 0 radical (unpaired) electrons. The van der Waals surface area contributed by atoms with Crippen molar-refractivity contribution in [3.05, 3.63) is 35.1 Å². The van der Waals surface area contributed by atoms with Crippen LogP contribution < -0.4 is 5.73 Å². The molecule has 0 spiro atoms. The fourth-order valence-corrected chi connectivity index (χ4v) is 1.75. The number of nitrogens with two attached hydrogens (primary N) is 1. The van der Waals surface area contributed by atoms with Crippen molar-refractivity contribution in [2.45, 2.75) is 45.1 Å². The van der Waals surface area contributed by atoms with E-state index in [9.17, 15) is 13.2 Å². The molecule has 2 N–H and O–H groups in total. The lowest BCUT2D eigenvalue weighted by Crippen LogP contribution is -2.11. The van der Waals surface area contributed by atoms with Crippen molar-refractivity contribution in [3.8, 4) is 0 Å². The van der Waals surface area contributed by atoms with Crippen LogP contribution in [0.2, 0.25) is 0 Å². The molecule has 0 fully saturated rings. The summed E-state index contributed by atoms with van der Waals surface area (Å²) in [7, 11) is 0. The third kappa shape index (κ3) is 4.04. The molecule has 0 saturated heterocycles. The first-order valence-electron chi connectivity index (χ1n) is 5.96. The minimum Gasteiger partial charge on any atom is -0.324 e. The molecule has 0 amide bonds. The van der Waals surface area contributed by atoms with E-state index in [0.29, 0.717) is 12.0 Å². The SMILES string of the molecule is CCCCCCC(N)c1cc(F)c(F)c(F)c1. The molecule has 1 nitrogen and oxygen atoms in total. The zero-order chi connectivity index (χ0) is 12.8. The Kier molecular flexibility index (Phi) is 5.48. The maximum absolute atomic E-state index is 13.0. The van der Waals surface area contributed by atoms with Crippen LogP contribution in [0.4, 0.5) is 13.2 Å². The van der Waals surface area contributed by atoms with Gasteiger partial charge in [-0.05, 0) is 24.1 Å². The van der Waals surface area contributed by atoms with E-state index in [1.54, 1.807) is 0 Å². The Hall–Kier alpha value is -1.03. The summed E-state index contributed by atoms with van der Waals surface area (Å²) < 4.78 is 38.7. The van der Waals surface area contributed by atoms with Gasteiger partial charge in [0.15, 0.2) is 17.5 Å². The van der Waals surface area contributed by atoms with Gasteiger partial charge in [-0.15, -0.1) is 0 Å². The van der Waals surface area contributed by atoms with Crippen LogP contribution in [-0.4, -0.2) is 0 Å². The second-order valence-corrected chi connectivity index (χ2v) is 4.25. The van der Waals surface area contributed by atoms with Crippen LogP contribution in [-0.2, 0) is 0 Å². The van der Waals surface area contributed by atoms with Gasteiger partial charge in [0.2, 0.25) is 0 Å². The Labute approximate surface area is 99.8 Å². The fourth-order valence-electron chi connectivity index (χ4n) is 1.75. The molecule has 1 aromatic carbocycles. The molecule has 4 heteroatoms. The molecule has 0 saturated carbocycles. The van der Waals surface area contributed by atoms with Gasteiger partial charge < -0.3 is 5.73 Å². The van der Waals surface area contributed by atoms with Crippen LogP contribution in [0, 0.1) is 17.5 Å². The predicted molar refractivity (Wildman–Crippen MR) is 62.0 cm³/mol. The van der Waals surface area contributed by atoms with Crippen molar-refractivity contribution >= 4 is 0 Å². The maximum atomic E-state index is 13.0. The summed E-state index contributed by atoms with van der Waals surface area (Å²) in [5, 5.41) is 0. The number of benzene rings is 1. The first kappa shape index (κ1) is 14.0. The highest BCUT2D eigenvalue weighted by molar-refractivity contribution is 5.22. The molecular weight excluding hydrogens is 227 g/mol. The maximum Gasteiger partial charge on any atom is 0.194 e. The molecule has 1 rings (SSSR count). The monoisotopic (exact) mass is 245 g/mol. The van der Waals surface area contributed by atoms with Crippen molar-refractivity contribution in [2.24, 2.45) is 5.73 Å². The van der Waals surface area contributed by atoms with Crippen molar-refractivity contribution in [1.82, 2.24) is 0 Å². The van der Waals surface area contributed by atoms with Gasteiger partial charge >= 0.3 is 0 Å². The summed E-state index contributed by atoms with van der Waals surface area (Å²) in [6, 6.07) is 1.52. The first-order chi connectivity index (χ1) is 8.06.